The minimum Gasteiger partial charge on any atom is -0.383 e. The maximum absolute atomic E-state index is 13.0. The summed E-state index contributed by atoms with van der Waals surface area (Å²) >= 11 is 0. The third-order valence-corrected chi connectivity index (χ3v) is 6.43. The Balaban J connectivity index is 1.28. The fourth-order valence-corrected chi connectivity index (χ4v) is 4.56. The number of carbonyl (C=O) groups excluding carboxylic acids is 1. The Bertz CT molecular complexity index is 1190. The number of anilines is 1. The molecular formula is C23H27N5O4. The van der Waals surface area contributed by atoms with E-state index in [0.717, 1.165) is 42.7 Å². The van der Waals surface area contributed by atoms with Crippen LogP contribution in [0.15, 0.2) is 33.8 Å². The highest BCUT2D eigenvalue weighted by atomic mass is 16.5. The number of rotatable bonds is 5. The van der Waals surface area contributed by atoms with Crippen LogP contribution in [0, 0.1) is 0 Å². The third kappa shape index (κ3) is 3.77. The monoisotopic (exact) mass is 437 g/mol. The first-order valence-electron chi connectivity index (χ1n) is 11.2. The third-order valence-electron chi connectivity index (χ3n) is 6.43. The topological polar surface area (TPSA) is 93.7 Å². The smallest absolute Gasteiger partial charge is 0.276 e. The van der Waals surface area contributed by atoms with Gasteiger partial charge in [0.05, 0.1) is 30.4 Å². The van der Waals surface area contributed by atoms with Crippen molar-refractivity contribution in [1.29, 1.82) is 0 Å². The SMILES string of the molecule is COCCn1cnc2cc(N3CCN(C(=O)c4noc5c4CCCC5)CC3)ccc2c1=O. The minimum atomic E-state index is -0.0649. The quantitative estimate of drug-likeness (QED) is 0.602. The number of fused-ring (bicyclic) bond motifs is 2. The summed E-state index contributed by atoms with van der Waals surface area (Å²) < 4.78 is 12.0. The number of methoxy groups -OCH3 is 1. The second-order valence-electron chi connectivity index (χ2n) is 8.36. The van der Waals surface area contributed by atoms with Gasteiger partial charge in [-0.1, -0.05) is 5.16 Å². The van der Waals surface area contributed by atoms with E-state index in [4.69, 9.17) is 9.26 Å². The summed E-state index contributed by atoms with van der Waals surface area (Å²) in [4.78, 5) is 34.2. The summed E-state index contributed by atoms with van der Waals surface area (Å²) in [5.74, 6) is 0.844. The van der Waals surface area contributed by atoms with Crippen LogP contribution in [0.1, 0.15) is 34.7 Å². The largest absolute Gasteiger partial charge is 0.383 e. The number of amides is 1. The van der Waals surface area contributed by atoms with Crippen LogP contribution >= 0.6 is 0 Å². The van der Waals surface area contributed by atoms with Gasteiger partial charge in [-0.2, -0.15) is 0 Å². The van der Waals surface area contributed by atoms with E-state index in [9.17, 15) is 9.59 Å². The lowest BCUT2D eigenvalue weighted by Crippen LogP contribution is -2.49. The molecule has 1 aromatic carbocycles. The molecule has 9 nitrogen and oxygen atoms in total. The van der Waals surface area contributed by atoms with E-state index in [0.29, 0.717) is 55.9 Å². The zero-order valence-corrected chi connectivity index (χ0v) is 18.2. The van der Waals surface area contributed by atoms with Gasteiger partial charge in [0, 0.05) is 51.0 Å². The fourth-order valence-electron chi connectivity index (χ4n) is 4.56. The van der Waals surface area contributed by atoms with Gasteiger partial charge in [0.2, 0.25) is 0 Å². The summed E-state index contributed by atoms with van der Waals surface area (Å²) in [5, 5.41) is 4.69. The van der Waals surface area contributed by atoms with Crippen LogP contribution in [-0.4, -0.2) is 65.4 Å². The van der Waals surface area contributed by atoms with Crippen LogP contribution in [-0.2, 0) is 24.1 Å². The summed E-state index contributed by atoms with van der Waals surface area (Å²) in [6, 6.07) is 5.74. The van der Waals surface area contributed by atoms with Crippen molar-refractivity contribution in [3.63, 3.8) is 0 Å². The lowest BCUT2D eigenvalue weighted by molar-refractivity contribution is 0.0735. The van der Waals surface area contributed by atoms with Gasteiger partial charge >= 0.3 is 0 Å². The number of ether oxygens (including phenoxy) is 1. The molecule has 0 radical (unpaired) electrons. The van der Waals surface area contributed by atoms with Crippen LogP contribution in [0.25, 0.3) is 10.9 Å². The Labute approximate surface area is 185 Å². The predicted octanol–water partition coefficient (Wildman–Crippen LogP) is 1.87. The van der Waals surface area contributed by atoms with Gasteiger partial charge in [-0.05, 0) is 37.5 Å². The number of piperazine rings is 1. The van der Waals surface area contributed by atoms with E-state index < -0.39 is 0 Å². The van der Waals surface area contributed by atoms with Crippen molar-refractivity contribution < 1.29 is 14.1 Å². The molecule has 0 spiro atoms. The molecule has 0 bridgehead atoms. The van der Waals surface area contributed by atoms with Crippen molar-refractivity contribution >= 4 is 22.5 Å². The highest BCUT2D eigenvalue weighted by Gasteiger charge is 2.29. The first-order valence-corrected chi connectivity index (χ1v) is 11.2. The molecule has 9 heteroatoms. The molecule has 2 aromatic heterocycles. The van der Waals surface area contributed by atoms with E-state index in [2.05, 4.69) is 15.0 Å². The summed E-state index contributed by atoms with van der Waals surface area (Å²) in [6.45, 7) is 3.59. The number of carbonyl (C=O) groups is 1. The molecule has 0 N–H and O–H groups in total. The Morgan fingerprint density at radius 2 is 1.97 bits per heavy atom. The molecule has 1 amide bonds. The highest BCUT2D eigenvalue weighted by Crippen LogP contribution is 2.26. The average Bonchev–Trinajstić information content (AvgIpc) is 3.27. The summed E-state index contributed by atoms with van der Waals surface area (Å²) in [5.41, 5.74) is 3.11. The van der Waals surface area contributed by atoms with Crippen molar-refractivity contribution in [1.82, 2.24) is 19.6 Å². The fraction of sp³-hybridized carbons (Fsp3) is 0.478. The van der Waals surface area contributed by atoms with Gasteiger partial charge in [0.25, 0.3) is 11.5 Å². The molecule has 1 saturated heterocycles. The molecule has 1 aliphatic heterocycles. The van der Waals surface area contributed by atoms with E-state index in [-0.39, 0.29) is 11.5 Å². The van der Waals surface area contributed by atoms with Crippen molar-refractivity contribution in [3.05, 3.63) is 51.9 Å². The summed E-state index contributed by atoms with van der Waals surface area (Å²) in [7, 11) is 1.61. The van der Waals surface area contributed by atoms with Crippen molar-refractivity contribution in [2.24, 2.45) is 0 Å². The maximum Gasteiger partial charge on any atom is 0.276 e. The Morgan fingerprint density at radius 3 is 2.78 bits per heavy atom. The number of benzene rings is 1. The van der Waals surface area contributed by atoms with Crippen molar-refractivity contribution in [3.8, 4) is 0 Å². The van der Waals surface area contributed by atoms with E-state index in [1.165, 1.54) is 0 Å². The minimum absolute atomic E-state index is 0.0339. The van der Waals surface area contributed by atoms with Crippen LogP contribution in [0.3, 0.4) is 0 Å². The van der Waals surface area contributed by atoms with Gasteiger partial charge in [-0.3, -0.25) is 14.2 Å². The van der Waals surface area contributed by atoms with E-state index in [1.807, 2.05) is 23.1 Å². The number of hydrogen-bond donors (Lipinski definition) is 0. The van der Waals surface area contributed by atoms with E-state index >= 15 is 0 Å². The van der Waals surface area contributed by atoms with Crippen LogP contribution in [0.4, 0.5) is 5.69 Å². The van der Waals surface area contributed by atoms with Crippen molar-refractivity contribution in [2.75, 3.05) is 44.8 Å². The molecule has 5 rings (SSSR count). The Hall–Kier alpha value is -3.20. The molecule has 1 aliphatic carbocycles. The molecular weight excluding hydrogens is 410 g/mol. The summed E-state index contributed by atoms with van der Waals surface area (Å²) in [6.07, 6.45) is 5.49. The molecule has 0 saturated carbocycles. The second-order valence-corrected chi connectivity index (χ2v) is 8.36. The van der Waals surface area contributed by atoms with Gasteiger partial charge in [-0.25, -0.2) is 4.98 Å². The first kappa shape index (κ1) is 20.7. The van der Waals surface area contributed by atoms with Gasteiger partial charge in [0.15, 0.2) is 5.69 Å². The lowest BCUT2D eigenvalue weighted by atomic mass is 9.96. The Morgan fingerprint density at radius 1 is 1.16 bits per heavy atom. The zero-order valence-electron chi connectivity index (χ0n) is 18.2. The average molecular weight is 438 g/mol. The standard InChI is InChI=1S/C23H27N5O4/c1-31-13-12-28-15-24-19-14-16(6-7-17(19)22(28)29)26-8-10-27(11-9-26)23(30)21-18-4-2-3-5-20(18)32-25-21/h6-7,14-15H,2-5,8-13H2,1H3. The molecule has 3 aromatic rings. The molecule has 0 unspecified atom stereocenters. The van der Waals surface area contributed by atoms with Crippen LogP contribution in [0.2, 0.25) is 0 Å². The van der Waals surface area contributed by atoms with Crippen molar-refractivity contribution in [2.45, 2.75) is 32.2 Å². The number of aromatic nitrogens is 3. The van der Waals surface area contributed by atoms with Crippen LogP contribution in [0.5, 0.6) is 0 Å². The normalized spacial score (nSPS) is 16.4. The molecule has 1 fully saturated rings. The number of aryl methyl sites for hydroxylation is 1. The van der Waals surface area contributed by atoms with Crippen LogP contribution < -0.4 is 10.5 Å². The molecule has 2 aliphatic rings. The first-order chi connectivity index (χ1) is 15.7. The molecule has 168 valence electrons. The van der Waals surface area contributed by atoms with Gasteiger partial charge < -0.3 is 19.1 Å². The molecule has 3 heterocycles. The number of hydrogen-bond acceptors (Lipinski definition) is 7. The van der Waals surface area contributed by atoms with Gasteiger partial charge in [0.1, 0.15) is 5.76 Å². The predicted molar refractivity (Wildman–Crippen MR) is 119 cm³/mol. The lowest BCUT2D eigenvalue weighted by Gasteiger charge is -2.36. The van der Waals surface area contributed by atoms with Gasteiger partial charge in [-0.15, -0.1) is 0 Å². The second kappa shape index (κ2) is 8.74. The molecule has 0 atom stereocenters. The Kier molecular flexibility index (Phi) is 5.65. The van der Waals surface area contributed by atoms with E-state index in [1.54, 1.807) is 18.0 Å². The molecule has 32 heavy (non-hydrogen) atoms. The zero-order chi connectivity index (χ0) is 22.1. The maximum atomic E-state index is 13.0. The highest BCUT2D eigenvalue weighted by molar-refractivity contribution is 5.94. The number of nitrogens with zero attached hydrogens (tertiary/aromatic N) is 5.